The highest BCUT2D eigenvalue weighted by atomic mass is 32.2. The zero-order valence-electron chi connectivity index (χ0n) is 20.7. The first-order valence-electron chi connectivity index (χ1n) is 12.1. The average molecular weight is 498 g/mol. The van der Waals surface area contributed by atoms with Crippen molar-refractivity contribution in [2.45, 2.75) is 65.0 Å². The van der Waals surface area contributed by atoms with Crippen LogP contribution in [0.25, 0.3) is 0 Å². The Balaban J connectivity index is 1.66. The van der Waals surface area contributed by atoms with E-state index in [1.165, 1.54) is 11.3 Å². The Hall–Kier alpha value is -3.00. The molecule has 0 saturated heterocycles. The Morgan fingerprint density at radius 1 is 0.914 bits per heavy atom. The predicted molar refractivity (Wildman–Crippen MR) is 141 cm³/mol. The number of carbonyl (C=O) groups is 3. The molecule has 0 spiro atoms. The van der Waals surface area contributed by atoms with Crippen LogP contribution in [0.5, 0.6) is 0 Å². The second kappa shape index (κ2) is 12.6. The molecule has 2 atom stereocenters. The number of nitrogens with one attached hydrogen (secondary N) is 2. The van der Waals surface area contributed by atoms with Crippen molar-refractivity contribution >= 4 is 39.9 Å². The highest BCUT2D eigenvalue weighted by Gasteiger charge is 2.30. The SMILES string of the molecule is Cc1ccc(NC(=O)C[S@](=O)CC(=O)N(c2ccc(C)cc2)[C@@H](C)C(=O)NC2CCCCC2)cc1. The lowest BCUT2D eigenvalue weighted by Crippen LogP contribution is -2.52. The smallest absolute Gasteiger partial charge is 0.243 e. The van der Waals surface area contributed by atoms with Crippen molar-refractivity contribution in [1.29, 1.82) is 0 Å². The number of hydrogen-bond donors (Lipinski definition) is 2. The molecule has 1 aliphatic rings. The van der Waals surface area contributed by atoms with Crippen LogP contribution in [0.15, 0.2) is 48.5 Å². The zero-order chi connectivity index (χ0) is 25.4. The number of amides is 3. The van der Waals surface area contributed by atoms with E-state index in [1.807, 2.05) is 38.1 Å². The van der Waals surface area contributed by atoms with Crippen LogP contribution in [0.3, 0.4) is 0 Å². The first kappa shape index (κ1) is 26.6. The third-order valence-electron chi connectivity index (χ3n) is 6.21. The minimum absolute atomic E-state index is 0.119. The molecule has 1 fully saturated rings. The number of rotatable bonds is 9. The zero-order valence-corrected chi connectivity index (χ0v) is 21.5. The Kier molecular flexibility index (Phi) is 9.60. The molecular formula is C27H35N3O4S. The normalized spacial score (nSPS) is 15.6. The van der Waals surface area contributed by atoms with E-state index in [0.717, 1.165) is 36.8 Å². The van der Waals surface area contributed by atoms with Gasteiger partial charge in [-0.3, -0.25) is 23.5 Å². The maximum Gasteiger partial charge on any atom is 0.243 e. The molecule has 3 rings (SSSR count). The first-order valence-corrected chi connectivity index (χ1v) is 13.6. The number of hydrogen-bond acceptors (Lipinski definition) is 4. The van der Waals surface area contributed by atoms with E-state index in [9.17, 15) is 18.6 Å². The highest BCUT2D eigenvalue weighted by Crippen LogP contribution is 2.21. The molecule has 0 bridgehead atoms. The van der Waals surface area contributed by atoms with Crippen molar-refractivity contribution in [2.75, 3.05) is 21.7 Å². The molecule has 0 heterocycles. The summed E-state index contributed by atoms with van der Waals surface area (Å²) in [5.41, 5.74) is 3.26. The number of anilines is 2. The van der Waals surface area contributed by atoms with E-state index in [4.69, 9.17) is 0 Å². The number of carbonyl (C=O) groups excluding carboxylic acids is 3. The summed E-state index contributed by atoms with van der Waals surface area (Å²) in [5, 5.41) is 5.78. The van der Waals surface area contributed by atoms with Gasteiger partial charge < -0.3 is 10.6 Å². The van der Waals surface area contributed by atoms with Gasteiger partial charge in [0.25, 0.3) is 0 Å². The minimum atomic E-state index is -1.73. The molecule has 7 nitrogen and oxygen atoms in total. The standard InChI is InChI=1S/C27H35N3O4S/c1-19-9-13-23(14-10-19)28-25(31)17-35(34)18-26(32)30(24-15-11-20(2)12-16-24)21(3)27(33)29-22-7-5-4-6-8-22/h9-16,21-22H,4-8,17-18H2,1-3H3,(H,28,31)(H,29,33)/t21-,35-/m0/s1. The molecule has 1 aliphatic carbocycles. The second-order valence-corrected chi connectivity index (χ2v) is 10.7. The van der Waals surface area contributed by atoms with Gasteiger partial charge in [-0.2, -0.15) is 0 Å². The molecule has 188 valence electrons. The highest BCUT2D eigenvalue weighted by molar-refractivity contribution is 7.86. The molecule has 0 aromatic heterocycles. The van der Waals surface area contributed by atoms with Gasteiger partial charge in [-0.15, -0.1) is 0 Å². The summed E-state index contributed by atoms with van der Waals surface area (Å²) < 4.78 is 12.7. The predicted octanol–water partition coefficient (Wildman–Crippen LogP) is 3.86. The summed E-state index contributed by atoms with van der Waals surface area (Å²) in [4.78, 5) is 40.1. The Labute approximate surface area is 210 Å². The van der Waals surface area contributed by atoms with Crippen LogP contribution in [0.4, 0.5) is 11.4 Å². The molecule has 0 unspecified atom stereocenters. The molecule has 0 radical (unpaired) electrons. The van der Waals surface area contributed by atoms with Gasteiger partial charge in [-0.1, -0.05) is 54.7 Å². The third kappa shape index (κ3) is 8.02. The summed E-state index contributed by atoms with van der Waals surface area (Å²) in [6.45, 7) is 5.57. The first-order chi connectivity index (χ1) is 16.7. The number of benzene rings is 2. The molecule has 3 amide bonds. The molecule has 8 heteroatoms. The van der Waals surface area contributed by atoms with Gasteiger partial charge in [-0.25, -0.2) is 0 Å². The topological polar surface area (TPSA) is 95.6 Å². The van der Waals surface area contributed by atoms with Crippen LogP contribution in [-0.4, -0.2) is 45.5 Å². The fourth-order valence-corrected chi connectivity index (χ4v) is 5.09. The van der Waals surface area contributed by atoms with E-state index in [1.54, 1.807) is 31.2 Å². The van der Waals surface area contributed by atoms with E-state index in [2.05, 4.69) is 10.6 Å². The van der Waals surface area contributed by atoms with Crippen molar-refractivity contribution in [3.63, 3.8) is 0 Å². The molecular weight excluding hydrogens is 462 g/mol. The molecule has 0 aliphatic heterocycles. The number of aryl methyl sites for hydroxylation is 2. The largest absolute Gasteiger partial charge is 0.352 e. The van der Waals surface area contributed by atoms with Crippen LogP contribution in [0.2, 0.25) is 0 Å². The van der Waals surface area contributed by atoms with Crippen molar-refractivity contribution < 1.29 is 18.6 Å². The van der Waals surface area contributed by atoms with Crippen LogP contribution in [0.1, 0.15) is 50.2 Å². The summed E-state index contributed by atoms with van der Waals surface area (Å²) in [7, 11) is -1.73. The Morgan fingerprint density at radius 2 is 1.49 bits per heavy atom. The maximum atomic E-state index is 13.3. The lowest BCUT2D eigenvalue weighted by Gasteiger charge is -2.31. The van der Waals surface area contributed by atoms with Gasteiger partial charge in [-0.05, 0) is 57.9 Å². The monoisotopic (exact) mass is 497 g/mol. The minimum Gasteiger partial charge on any atom is -0.352 e. The maximum absolute atomic E-state index is 13.3. The van der Waals surface area contributed by atoms with E-state index >= 15 is 0 Å². The lowest BCUT2D eigenvalue weighted by molar-refractivity contribution is -0.126. The van der Waals surface area contributed by atoms with Gasteiger partial charge in [0.05, 0.1) is 0 Å². The van der Waals surface area contributed by atoms with E-state index < -0.39 is 28.7 Å². The van der Waals surface area contributed by atoms with E-state index in [-0.39, 0.29) is 23.5 Å². The van der Waals surface area contributed by atoms with Crippen molar-refractivity contribution in [3.8, 4) is 0 Å². The molecule has 1 saturated carbocycles. The average Bonchev–Trinajstić information content (AvgIpc) is 2.82. The molecule has 2 aromatic carbocycles. The summed E-state index contributed by atoms with van der Waals surface area (Å²) in [6, 6.07) is 13.9. The number of nitrogens with zero attached hydrogens (tertiary/aromatic N) is 1. The molecule has 2 aromatic rings. The Bertz CT molecular complexity index is 1050. The van der Waals surface area contributed by atoms with Crippen LogP contribution in [-0.2, 0) is 25.2 Å². The lowest BCUT2D eigenvalue weighted by atomic mass is 9.95. The summed E-state index contributed by atoms with van der Waals surface area (Å²) >= 11 is 0. The fourth-order valence-electron chi connectivity index (χ4n) is 4.21. The van der Waals surface area contributed by atoms with Crippen molar-refractivity contribution in [3.05, 3.63) is 59.7 Å². The third-order valence-corrected chi connectivity index (χ3v) is 7.36. The van der Waals surface area contributed by atoms with Gasteiger partial charge in [0.1, 0.15) is 17.5 Å². The van der Waals surface area contributed by atoms with E-state index in [0.29, 0.717) is 11.4 Å². The van der Waals surface area contributed by atoms with Crippen LogP contribution >= 0.6 is 0 Å². The van der Waals surface area contributed by atoms with Gasteiger partial charge in [0.15, 0.2) is 0 Å². The summed E-state index contributed by atoms with van der Waals surface area (Å²) in [5.74, 6) is -1.76. The quantitative estimate of drug-likeness (QED) is 0.550. The molecule has 2 N–H and O–H groups in total. The molecule has 35 heavy (non-hydrogen) atoms. The fraction of sp³-hybridized carbons (Fsp3) is 0.444. The van der Waals surface area contributed by atoms with Crippen molar-refractivity contribution in [1.82, 2.24) is 5.32 Å². The van der Waals surface area contributed by atoms with Gasteiger partial charge >= 0.3 is 0 Å². The van der Waals surface area contributed by atoms with Gasteiger partial charge in [0.2, 0.25) is 17.7 Å². The second-order valence-electron chi connectivity index (χ2n) is 9.26. The van der Waals surface area contributed by atoms with Crippen LogP contribution in [0, 0.1) is 13.8 Å². The summed E-state index contributed by atoms with van der Waals surface area (Å²) in [6.07, 6.45) is 5.24. The van der Waals surface area contributed by atoms with Gasteiger partial charge in [0, 0.05) is 28.2 Å². The Morgan fingerprint density at radius 3 is 2.09 bits per heavy atom. The van der Waals surface area contributed by atoms with Crippen molar-refractivity contribution in [2.24, 2.45) is 0 Å². The van der Waals surface area contributed by atoms with Crippen LogP contribution < -0.4 is 15.5 Å².